The van der Waals surface area contributed by atoms with Crippen LogP contribution in [0.15, 0.2) is 18.2 Å². The average Bonchev–Trinajstić information content (AvgIpc) is 2.31. The first-order valence-corrected chi connectivity index (χ1v) is 8.84. The molecule has 0 saturated carbocycles. The molecule has 0 atom stereocenters. The maximum atomic E-state index is 11.8. The van der Waals surface area contributed by atoms with Gasteiger partial charge in [0.25, 0.3) is 0 Å². The summed E-state index contributed by atoms with van der Waals surface area (Å²) in [6.07, 6.45) is 2.00. The standard InChI is InChI=1S/C13H20Cl2N2O2S/c1-16(2)7-4-8-17(20(3,18)19)10-11-5-6-12(14)13(15)9-11/h5-6,9H,4,7-8,10H2,1-3H3. The van der Waals surface area contributed by atoms with E-state index in [1.165, 1.54) is 10.6 Å². The summed E-state index contributed by atoms with van der Waals surface area (Å²) in [6.45, 7) is 1.63. The van der Waals surface area contributed by atoms with Crippen molar-refractivity contribution >= 4 is 33.2 Å². The first kappa shape index (κ1) is 17.7. The molecule has 0 heterocycles. The van der Waals surface area contributed by atoms with Gasteiger partial charge in [-0.2, -0.15) is 4.31 Å². The van der Waals surface area contributed by atoms with Gasteiger partial charge in [0.1, 0.15) is 0 Å². The van der Waals surface area contributed by atoms with Crippen molar-refractivity contribution in [1.82, 2.24) is 9.21 Å². The Kier molecular flexibility index (Phi) is 6.75. The number of rotatable bonds is 7. The highest BCUT2D eigenvalue weighted by molar-refractivity contribution is 7.88. The van der Waals surface area contributed by atoms with E-state index in [9.17, 15) is 8.42 Å². The van der Waals surface area contributed by atoms with Crippen LogP contribution in [0.25, 0.3) is 0 Å². The first-order valence-electron chi connectivity index (χ1n) is 6.24. The van der Waals surface area contributed by atoms with Crippen LogP contribution < -0.4 is 0 Å². The number of halogens is 2. The van der Waals surface area contributed by atoms with Gasteiger partial charge in [0.05, 0.1) is 16.3 Å². The molecule has 4 nitrogen and oxygen atoms in total. The maximum Gasteiger partial charge on any atom is 0.211 e. The lowest BCUT2D eigenvalue weighted by Gasteiger charge is -2.21. The van der Waals surface area contributed by atoms with Crippen molar-refractivity contribution in [2.75, 3.05) is 33.4 Å². The molecule has 0 fully saturated rings. The maximum absolute atomic E-state index is 11.8. The largest absolute Gasteiger partial charge is 0.309 e. The molecule has 1 aromatic carbocycles. The third kappa shape index (κ3) is 5.97. The summed E-state index contributed by atoms with van der Waals surface area (Å²) in [7, 11) is 0.679. The Morgan fingerprint density at radius 3 is 2.25 bits per heavy atom. The lowest BCUT2D eigenvalue weighted by molar-refractivity contribution is 0.348. The molecule has 0 aliphatic carbocycles. The van der Waals surface area contributed by atoms with Gasteiger partial charge in [-0.3, -0.25) is 0 Å². The van der Waals surface area contributed by atoms with E-state index in [-0.39, 0.29) is 0 Å². The molecular formula is C13H20Cl2N2O2S. The van der Waals surface area contributed by atoms with E-state index in [4.69, 9.17) is 23.2 Å². The van der Waals surface area contributed by atoms with Crippen LogP contribution in [0, 0.1) is 0 Å². The van der Waals surface area contributed by atoms with Gasteiger partial charge in [-0.25, -0.2) is 8.42 Å². The second-order valence-electron chi connectivity index (χ2n) is 5.00. The van der Waals surface area contributed by atoms with Gasteiger partial charge in [0, 0.05) is 13.1 Å². The van der Waals surface area contributed by atoms with Crippen LogP contribution in [0.3, 0.4) is 0 Å². The summed E-state index contributed by atoms with van der Waals surface area (Å²) in [5.41, 5.74) is 0.828. The van der Waals surface area contributed by atoms with Crippen LogP contribution in [0.1, 0.15) is 12.0 Å². The molecule has 20 heavy (non-hydrogen) atoms. The minimum atomic E-state index is -3.25. The first-order chi connectivity index (χ1) is 9.20. The van der Waals surface area contributed by atoms with Crippen molar-refractivity contribution in [1.29, 1.82) is 0 Å². The molecule has 0 amide bonds. The predicted octanol–water partition coefficient (Wildman–Crippen LogP) is 2.71. The van der Waals surface area contributed by atoms with E-state index in [1.807, 2.05) is 19.0 Å². The summed E-state index contributed by atoms with van der Waals surface area (Å²) in [4.78, 5) is 2.03. The van der Waals surface area contributed by atoms with E-state index >= 15 is 0 Å². The quantitative estimate of drug-likeness (QED) is 0.767. The van der Waals surface area contributed by atoms with Crippen molar-refractivity contribution in [3.05, 3.63) is 33.8 Å². The number of hydrogen-bond acceptors (Lipinski definition) is 3. The van der Waals surface area contributed by atoms with Crippen LogP contribution in [0.5, 0.6) is 0 Å². The van der Waals surface area contributed by atoms with Gasteiger partial charge >= 0.3 is 0 Å². The zero-order chi connectivity index (χ0) is 15.3. The number of hydrogen-bond donors (Lipinski definition) is 0. The molecular weight excluding hydrogens is 319 g/mol. The number of nitrogens with zero attached hydrogens (tertiary/aromatic N) is 2. The van der Waals surface area contributed by atoms with Crippen LogP contribution in [-0.4, -0.2) is 51.1 Å². The fourth-order valence-corrected chi connectivity index (χ4v) is 2.93. The predicted molar refractivity (Wildman–Crippen MR) is 84.9 cm³/mol. The van der Waals surface area contributed by atoms with Gasteiger partial charge in [-0.05, 0) is 44.8 Å². The summed E-state index contributed by atoms with van der Waals surface area (Å²) in [5.74, 6) is 0. The lowest BCUT2D eigenvalue weighted by Crippen LogP contribution is -2.32. The summed E-state index contributed by atoms with van der Waals surface area (Å²) >= 11 is 11.8. The van der Waals surface area contributed by atoms with Gasteiger partial charge in [-0.15, -0.1) is 0 Å². The fourth-order valence-electron chi connectivity index (χ4n) is 1.77. The molecule has 0 bridgehead atoms. The molecule has 0 saturated heterocycles. The minimum Gasteiger partial charge on any atom is -0.309 e. The second-order valence-corrected chi connectivity index (χ2v) is 7.80. The molecule has 1 aromatic rings. The second kappa shape index (κ2) is 7.61. The topological polar surface area (TPSA) is 40.6 Å². The zero-order valence-electron chi connectivity index (χ0n) is 11.9. The van der Waals surface area contributed by atoms with Gasteiger partial charge in [0.2, 0.25) is 10.0 Å². The van der Waals surface area contributed by atoms with Crippen LogP contribution in [0.2, 0.25) is 10.0 Å². The SMILES string of the molecule is CN(C)CCCN(Cc1ccc(Cl)c(Cl)c1)S(C)(=O)=O. The Hall–Kier alpha value is -0.330. The fraction of sp³-hybridized carbons (Fsp3) is 0.538. The molecule has 1 rings (SSSR count). The third-order valence-corrected chi connectivity index (χ3v) is 4.81. The molecule has 7 heteroatoms. The molecule has 0 aliphatic rings. The van der Waals surface area contributed by atoms with Gasteiger partial charge in [0.15, 0.2) is 0 Å². The number of benzene rings is 1. The van der Waals surface area contributed by atoms with Crippen LogP contribution >= 0.6 is 23.2 Å². The van der Waals surface area contributed by atoms with Gasteiger partial charge in [-0.1, -0.05) is 29.3 Å². The third-order valence-electron chi connectivity index (χ3n) is 2.82. The van der Waals surface area contributed by atoms with Crippen LogP contribution in [0.4, 0.5) is 0 Å². The van der Waals surface area contributed by atoms with Crippen molar-refractivity contribution in [2.45, 2.75) is 13.0 Å². The molecule has 0 N–H and O–H groups in total. The molecule has 0 unspecified atom stereocenters. The van der Waals surface area contributed by atoms with Crippen LogP contribution in [-0.2, 0) is 16.6 Å². The van der Waals surface area contributed by atoms with Gasteiger partial charge < -0.3 is 4.90 Å². The minimum absolute atomic E-state index is 0.309. The van der Waals surface area contributed by atoms with E-state index in [0.717, 1.165) is 18.5 Å². The molecule has 0 aliphatic heterocycles. The Balaban J connectivity index is 2.77. The molecule has 0 radical (unpaired) electrons. The molecule has 0 spiro atoms. The van der Waals surface area contributed by atoms with Crippen molar-refractivity contribution in [3.8, 4) is 0 Å². The number of sulfonamides is 1. The van der Waals surface area contributed by atoms with E-state index in [1.54, 1.807) is 18.2 Å². The Labute approximate surface area is 131 Å². The molecule has 114 valence electrons. The Morgan fingerprint density at radius 1 is 1.10 bits per heavy atom. The lowest BCUT2D eigenvalue weighted by atomic mass is 10.2. The summed E-state index contributed by atoms with van der Waals surface area (Å²) < 4.78 is 25.1. The van der Waals surface area contributed by atoms with Crippen molar-refractivity contribution in [3.63, 3.8) is 0 Å². The Bertz CT molecular complexity index is 547. The highest BCUT2D eigenvalue weighted by atomic mass is 35.5. The highest BCUT2D eigenvalue weighted by Gasteiger charge is 2.17. The van der Waals surface area contributed by atoms with E-state index < -0.39 is 10.0 Å². The van der Waals surface area contributed by atoms with E-state index in [2.05, 4.69) is 0 Å². The van der Waals surface area contributed by atoms with E-state index in [0.29, 0.717) is 23.1 Å². The smallest absolute Gasteiger partial charge is 0.211 e. The normalized spacial score (nSPS) is 12.3. The summed E-state index contributed by atoms with van der Waals surface area (Å²) in [6, 6.07) is 5.17. The van der Waals surface area contributed by atoms with Crippen molar-refractivity contribution in [2.24, 2.45) is 0 Å². The summed E-state index contributed by atoms with van der Waals surface area (Å²) in [5, 5.41) is 0.903. The Morgan fingerprint density at radius 2 is 1.75 bits per heavy atom. The monoisotopic (exact) mass is 338 g/mol. The van der Waals surface area contributed by atoms with Crippen molar-refractivity contribution < 1.29 is 8.42 Å². The zero-order valence-corrected chi connectivity index (χ0v) is 14.3. The average molecular weight is 339 g/mol. The highest BCUT2D eigenvalue weighted by Crippen LogP contribution is 2.23. The molecule has 0 aromatic heterocycles.